The number of hydrogen-bond acceptors (Lipinski definition) is 2. The summed E-state index contributed by atoms with van der Waals surface area (Å²) in [4.78, 5) is 16.9. The van der Waals surface area contributed by atoms with Gasteiger partial charge in [-0.1, -0.05) is 49.4 Å². The van der Waals surface area contributed by atoms with Crippen LogP contribution >= 0.6 is 0 Å². The molecule has 0 N–H and O–H groups in total. The third kappa shape index (κ3) is 3.54. The van der Waals surface area contributed by atoms with Gasteiger partial charge in [0.2, 0.25) is 5.91 Å². The highest BCUT2D eigenvalue weighted by atomic mass is 16.2. The number of carbonyl (C=O) groups excluding carboxylic acids is 1. The van der Waals surface area contributed by atoms with E-state index in [9.17, 15) is 4.79 Å². The van der Waals surface area contributed by atoms with Crippen molar-refractivity contribution in [3.05, 3.63) is 59.2 Å². The molecule has 0 saturated carbocycles. The Morgan fingerprint density at radius 3 is 2.54 bits per heavy atom. The van der Waals surface area contributed by atoms with Gasteiger partial charge in [0, 0.05) is 32.6 Å². The maximum absolute atomic E-state index is 12.4. The lowest BCUT2D eigenvalue weighted by Gasteiger charge is -2.34. The van der Waals surface area contributed by atoms with Gasteiger partial charge < -0.3 is 9.80 Å². The van der Waals surface area contributed by atoms with Gasteiger partial charge in [-0.05, 0) is 53.6 Å². The normalized spacial score (nSPS) is 16.4. The van der Waals surface area contributed by atoms with E-state index in [-0.39, 0.29) is 0 Å². The van der Waals surface area contributed by atoms with Crippen LogP contribution in [0.2, 0.25) is 0 Å². The summed E-state index contributed by atoms with van der Waals surface area (Å²) in [6, 6.07) is 15.6. The summed E-state index contributed by atoms with van der Waals surface area (Å²) in [6.45, 7) is 7.10. The van der Waals surface area contributed by atoms with E-state index in [0.29, 0.717) is 12.3 Å². The standard InChI is InChI=1S/C23H28N2O/c1-2-24-12-14-25(15-13-24)23(26)9-5-6-18-10-11-20-17-19-7-3-4-8-21(19)22(20)16-18/h3-4,7-8,10-11,16H,2,5-6,9,12-15,17H2,1H3. The van der Waals surface area contributed by atoms with Crippen LogP contribution in [0, 0.1) is 0 Å². The first kappa shape index (κ1) is 17.3. The molecule has 1 saturated heterocycles. The fraction of sp³-hybridized carbons (Fsp3) is 0.435. The number of aryl methyl sites for hydroxylation is 1. The number of fused-ring (bicyclic) bond motifs is 3. The first-order valence-corrected chi connectivity index (χ1v) is 9.95. The highest BCUT2D eigenvalue weighted by Crippen LogP contribution is 2.37. The molecule has 1 fully saturated rings. The van der Waals surface area contributed by atoms with Gasteiger partial charge in [-0.25, -0.2) is 0 Å². The van der Waals surface area contributed by atoms with Gasteiger partial charge in [0.15, 0.2) is 0 Å². The Balaban J connectivity index is 1.32. The number of hydrogen-bond donors (Lipinski definition) is 0. The third-order valence-electron chi connectivity index (χ3n) is 5.89. The number of nitrogens with zero attached hydrogens (tertiary/aromatic N) is 2. The van der Waals surface area contributed by atoms with Crippen molar-refractivity contribution in [2.45, 2.75) is 32.6 Å². The van der Waals surface area contributed by atoms with Crippen LogP contribution in [0.4, 0.5) is 0 Å². The van der Waals surface area contributed by atoms with Crippen molar-refractivity contribution in [3.63, 3.8) is 0 Å². The molecule has 0 bridgehead atoms. The van der Waals surface area contributed by atoms with E-state index in [1.165, 1.54) is 27.8 Å². The number of piperazine rings is 1. The second-order valence-electron chi connectivity index (χ2n) is 7.49. The fourth-order valence-electron chi connectivity index (χ4n) is 4.24. The Bertz CT molecular complexity index is 791. The maximum atomic E-state index is 12.4. The predicted octanol–water partition coefficient (Wildman–Crippen LogP) is 3.74. The monoisotopic (exact) mass is 348 g/mol. The molecule has 1 aliphatic heterocycles. The molecular weight excluding hydrogens is 320 g/mol. The van der Waals surface area contributed by atoms with Crippen LogP contribution in [0.15, 0.2) is 42.5 Å². The van der Waals surface area contributed by atoms with Crippen LogP contribution in [0.5, 0.6) is 0 Å². The Labute approximate surface area is 156 Å². The molecule has 3 heteroatoms. The molecule has 2 aromatic carbocycles. The van der Waals surface area contributed by atoms with Crippen LogP contribution in [-0.2, 0) is 17.6 Å². The smallest absolute Gasteiger partial charge is 0.222 e. The van der Waals surface area contributed by atoms with E-state index in [1.54, 1.807) is 0 Å². The molecule has 1 heterocycles. The summed E-state index contributed by atoms with van der Waals surface area (Å²) >= 11 is 0. The van der Waals surface area contributed by atoms with Gasteiger partial charge in [-0.2, -0.15) is 0 Å². The fourth-order valence-corrected chi connectivity index (χ4v) is 4.24. The molecule has 0 aromatic heterocycles. The maximum Gasteiger partial charge on any atom is 0.222 e. The SMILES string of the molecule is CCN1CCN(C(=O)CCCc2ccc3c(c2)-c2ccccc2C3)CC1. The highest BCUT2D eigenvalue weighted by molar-refractivity contribution is 5.77. The predicted molar refractivity (Wildman–Crippen MR) is 106 cm³/mol. The third-order valence-corrected chi connectivity index (χ3v) is 5.89. The highest BCUT2D eigenvalue weighted by Gasteiger charge is 2.20. The second-order valence-corrected chi connectivity index (χ2v) is 7.49. The van der Waals surface area contributed by atoms with Crippen molar-refractivity contribution in [2.24, 2.45) is 0 Å². The van der Waals surface area contributed by atoms with Gasteiger partial charge in [-0.3, -0.25) is 4.79 Å². The summed E-state index contributed by atoms with van der Waals surface area (Å²) in [7, 11) is 0. The summed E-state index contributed by atoms with van der Waals surface area (Å²) in [6.07, 6.45) is 3.64. The molecule has 136 valence electrons. The zero-order valence-electron chi connectivity index (χ0n) is 15.7. The second kappa shape index (κ2) is 7.63. The topological polar surface area (TPSA) is 23.6 Å². The molecule has 2 aromatic rings. The van der Waals surface area contributed by atoms with E-state index in [0.717, 1.165) is 52.0 Å². The van der Waals surface area contributed by atoms with Crippen molar-refractivity contribution in [1.82, 2.24) is 9.80 Å². The Morgan fingerprint density at radius 2 is 1.73 bits per heavy atom. The average Bonchev–Trinajstić information content (AvgIpc) is 3.06. The minimum atomic E-state index is 0.326. The molecular formula is C23H28N2O. The van der Waals surface area contributed by atoms with Crippen LogP contribution in [0.25, 0.3) is 11.1 Å². The van der Waals surface area contributed by atoms with E-state index in [2.05, 4.69) is 54.3 Å². The lowest BCUT2D eigenvalue weighted by Crippen LogP contribution is -2.48. The summed E-state index contributed by atoms with van der Waals surface area (Å²) in [5.74, 6) is 0.326. The molecule has 2 aliphatic rings. The first-order chi connectivity index (χ1) is 12.7. The minimum Gasteiger partial charge on any atom is -0.340 e. The Hall–Kier alpha value is -2.13. The average molecular weight is 348 g/mol. The number of amides is 1. The first-order valence-electron chi connectivity index (χ1n) is 9.95. The molecule has 1 amide bonds. The largest absolute Gasteiger partial charge is 0.340 e. The molecule has 4 rings (SSSR count). The summed E-state index contributed by atoms with van der Waals surface area (Å²) < 4.78 is 0. The molecule has 26 heavy (non-hydrogen) atoms. The van der Waals surface area contributed by atoms with Crippen LogP contribution in [0.3, 0.4) is 0 Å². The number of benzene rings is 2. The van der Waals surface area contributed by atoms with Gasteiger partial charge in [0.1, 0.15) is 0 Å². The molecule has 0 atom stereocenters. The van der Waals surface area contributed by atoms with Gasteiger partial charge in [-0.15, -0.1) is 0 Å². The van der Waals surface area contributed by atoms with Crippen LogP contribution in [-0.4, -0.2) is 48.4 Å². The van der Waals surface area contributed by atoms with Crippen LogP contribution in [0.1, 0.15) is 36.5 Å². The summed E-state index contributed by atoms with van der Waals surface area (Å²) in [5, 5.41) is 0. The van der Waals surface area contributed by atoms with Crippen LogP contribution < -0.4 is 0 Å². The zero-order chi connectivity index (χ0) is 17.9. The van der Waals surface area contributed by atoms with E-state index in [1.807, 2.05) is 4.90 Å². The van der Waals surface area contributed by atoms with Crippen molar-refractivity contribution < 1.29 is 4.79 Å². The molecule has 0 spiro atoms. The lowest BCUT2D eigenvalue weighted by atomic mass is 10.00. The summed E-state index contributed by atoms with van der Waals surface area (Å²) in [5.41, 5.74) is 6.99. The zero-order valence-corrected chi connectivity index (χ0v) is 15.7. The van der Waals surface area contributed by atoms with E-state index >= 15 is 0 Å². The number of carbonyl (C=O) groups is 1. The van der Waals surface area contributed by atoms with Crippen molar-refractivity contribution >= 4 is 5.91 Å². The van der Waals surface area contributed by atoms with E-state index in [4.69, 9.17) is 0 Å². The Kier molecular flexibility index (Phi) is 5.07. The van der Waals surface area contributed by atoms with Crippen molar-refractivity contribution in [3.8, 4) is 11.1 Å². The van der Waals surface area contributed by atoms with Gasteiger partial charge in [0.05, 0.1) is 0 Å². The van der Waals surface area contributed by atoms with Gasteiger partial charge >= 0.3 is 0 Å². The number of likely N-dealkylation sites (N-methyl/N-ethyl adjacent to an activating group) is 1. The molecule has 1 aliphatic carbocycles. The quantitative estimate of drug-likeness (QED) is 0.701. The Morgan fingerprint density at radius 1 is 0.962 bits per heavy atom. The van der Waals surface area contributed by atoms with Crippen molar-refractivity contribution in [2.75, 3.05) is 32.7 Å². The minimum absolute atomic E-state index is 0.326. The van der Waals surface area contributed by atoms with Crippen molar-refractivity contribution in [1.29, 1.82) is 0 Å². The molecule has 0 unspecified atom stereocenters. The lowest BCUT2D eigenvalue weighted by molar-refractivity contribution is -0.133. The number of rotatable bonds is 5. The van der Waals surface area contributed by atoms with Gasteiger partial charge in [0.25, 0.3) is 0 Å². The van der Waals surface area contributed by atoms with E-state index < -0.39 is 0 Å². The molecule has 0 radical (unpaired) electrons. The molecule has 3 nitrogen and oxygen atoms in total.